The van der Waals surface area contributed by atoms with Crippen molar-refractivity contribution >= 4 is 0 Å². The number of rotatable bonds is 6. The molecule has 0 aromatic rings. The van der Waals surface area contributed by atoms with E-state index in [1.807, 2.05) is 0 Å². The second kappa shape index (κ2) is 6.02. The Kier molecular flexibility index (Phi) is 5.78. The molecule has 0 saturated heterocycles. The molecule has 1 heteroatoms. The Labute approximate surface area is 89.5 Å². The van der Waals surface area contributed by atoms with E-state index in [0.29, 0.717) is 0 Å². The number of allylic oxidation sites excluding steroid dienone is 2. The first-order valence-corrected chi connectivity index (χ1v) is 5.44. The summed E-state index contributed by atoms with van der Waals surface area (Å²) in [6, 6.07) is 0. The SMILES string of the molecule is C=CC(C)(CCC=C(C)C)N(C)CC. The van der Waals surface area contributed by atoms with Crippen molar-refractivity contribution in [1.29, 1.82) is 0 Å². The topological polar surface area (TPSA) is 3.24 Å². The normalized spacial score (nSPS) is 15.0. The van der Waals surface area contributed by atoms with E-state index in [2.05, 4.69) is 58.4 Å². The van der Waals surface area contributed by atoms with Crippen LogP contribution in [0.25, 0.3) is 0 Å². The second-order valence-electron chi connectivity index (χ2n) is 4.40. The Bertz CT molecular complexity index is 201. The van der Waals surface area contributed by atoms with Crippen LogP contribution in [0.3, 0.4) is 0 Å². The molecule has 0 rings (SSSR count). The maximum Gasteiger partial charge on any atom is 0.0360 e. The van der Waals surface area contributed by atoms with Gasteiger partial charge in [-0.2, -0.15) is 0 Å². The summed E-state index contributed by atoms with van der Waals surface area (Å²) in [5, 5.41) is 0. The predicted molar refractivity (Wildman–Crippen MR) is 65.6 cm³/mol. The Morgan fingerprint density at radius 2 is 2.00 bits per heavy atom. The van der Waals surface area contributed by atoms with Gasteiger partial charge in [-0.25, -0.2) is 0 Å². The second-order valence-corrected chi connectivity index (χ2v) is 4.40. The number of hydrogen-bond acceptors (Lipinski definition) is 1. The van der Waals surface area contributed by atoms with Gasteiger partial charge in [-0.3, -0.25) is 4.90 Å². The highest BCUT2D eigenvalue weighted by Gasteiger charge is 2.23. The number of likely N-dealkylation sites (N-methyl/N-ethyl adjacent to an activating group) is 1. The number of hydrogen-bond donors (Lipinski definition) is 0. The Morgan fingerprint density at radius 1 is 1.43 bits per heavy atom. The van der Waals surface area contributed by atoms with E-state index in [1.165, 1.54) is 5.57 Å². The van der Waals surface area contributed by atoms with Gasteiger partial charge in [-0.15, -0.1) is 6.58 Å². The van der Waals surface area contributed by atoms with Gasteiger partial charge in [-0.05, 0) is 47.2 Å². The van der Waals surface area contributed by atoms with Gasteiger partial charge in [0, 0.05) is 5.54 Å². The zero-order valence-corrected chi connectivity index (χ0v) is 10.4. The Balaban J connectivity index is 4.26. The summed E-state index contributed by atoms with van der Waals surface area (Å²) in [6.07, 6.45) is 6.64. The van der Waals surface area contributed by atoms with E-state index in [0.717, 1.165) is 19.4 Å². The van der Waals surface area contributed by atoms with Crippen molar-refractivity contribution < 1.29 is 0 Å². The first-order chi connectivity index (χ1) is 6.46. The van der Waals surface area contributed by atoms with Crippen molar-refractivity contribution in [2.45, 2.75) is 46.1 Å². The van der Waals surface area contributed by atoms with Crippen molar-refractivity contribution in [3.05, 3.63) is 24.3 Å². The third-order valence-electron chi connectivity index (χ3n) is 2.99. The minimum atomic E-state index is 0.140. The highest BCUT2D eigenvalue weighted by molar-refractivity contribution is 5.02. The van der Waals surface area contributed by atoms with Crippen molar-refractivity contribution in [3.8, 4) is 0 Å². The Hall–Kier alpha value is -0.560. The molecule has 14 heavy (non-hydrogen) atoms. The number of nitrogens with zero attached hydrogens (tertiary/aromatic N) is 1. The molecule has 1 nitrogen and oxygen atoms in total. The molecule has 0 heterocycles. The smallest absolute Gasteiger partial charge is 0.0360 e. The molecule has 1 unspecified atom stereocenters. The first-order valence-electron chi connectivity index (χ1n) is 5.44. The van der Waals surface area contributed by atoms with E-state index in [1.54, 1.807) is 0 Å². The average molecular weight is 195 g/mol. The van der Waals surface area contributed by atoms with Crippen molar-refractivity contribution in [1.82, 2.24) is 4.90 Å². The summed E-state index contributed by atoms with van der Waals surface area (Å²) < 4.78 is 0. The predicted octanol–water partition coefficient (Wildman–Crippen LogP) is 3.63. The van der Waals surface area contributed by atoms with Crippen LogP contribution in [0.15, 0.2) is 24.3 Å². The van der Waals surface area contributed by atoms with E-state index in [9.17, 15) is 0 Å². The van der Waals surface area contributed by atoms with Gasteiger partial charge in [0.25, 0.3) is 0 Å². The molecule has 1 atom stereocenters. The van der Waals surface area contributed by atoms with Crippen LogP contribution in [0.5, 0.6) is 0 Å². The molecule has 0 aliphatic heterocycles. The van der Waals surface area contributed by atoms with Gasteiger partial charge in [0.2, 0.25) is 0 Å². The van der Waals surface area contributed by atoms with Gasteiger partial charge in [0.1, 0.15) is 0 Å². The fourth-order valence-electron chi connectivity index (χ4n) is 1.46. The summed E-state index contributed by atoms with van der Waals surface area (Å²) >= 11 is 0. The van der Waals surface area contributed by atoms with Gasteiger partial charge < -0.3 is 0 Å². The van der Waals surface area contributed by atoms with Gasteiger partial charge in [0.15, 0.2) is 0 Å². The summed E-state index contributed by atoms with van der Waals surface area (Å²) in [4.78, 5) is 2.35. The van der Waals surface area contributed by atoms with Crippen LogP contribution in [0, 0.1) is 0 Å². The van der Waals surface area contributed by atoms with Crippen LogP contribution < -0.4 is 0 Å². The first kappa shape index (κ1) is 13.4. The molecule has 0 radical (unpaired) electrons. The van der Waals surface area contributed by atoms with Crippen LogP contribution in [0.1, 0.15) is 40.5 Å². The van der Waals surface area contributed by atoms with E-state index >= 15 is 0 Å². The molecule has 0 saturated carbocycles. The van der Waals surface area contributed by atoms with Crippen molar-refractivity contribution in [2.75, 3.05) is 13.6 Å². The van der Waals surface area contributed by atoms with Crippen LogP contribution in [0.2, 0.25) is 0 Å². The summed E-state index contributed by atoms with van der Waals surface area (Å²) in [7, 11) is 2.16. The zero-order chi connectivity index (χ0) is 11.2. The molecule has 0 spiro atoms. The maximum atomic E-state index is 3.94. The highest BCUT2D eigenvalue weighted by atomic mass is 15.2. The van der Waals surface area contributed by atoms with E-state index < -0.39 is 0 Å². The molecule has 0 amide bonds. The maximum absolute atomic E-state index is 3.94. The highest BCUT2D eigenvalue weighted by Crippen LogP contribution is 2.21. The summed E-state index contributed by atoms with van der Waals surface area (Å²) in [5.41, 5.74) is 1.54. The molecule has 82 valence electrons. The summed E-state index contributed by atoms with van der Waals surface area (Å²) in [5.74, 6) is 0. The lowest BCUT2D eigenvalue weighted by Crippen LogP contribution is -2.41. The molecular weight excluding hydrogens is 170 g/mol. The lowest BCUT2D eigenvalue weighted by Gasteiger charge is -2.35. The van der Waals surface area contributed by atoms with Gasteiger partial charge in [0.05, 0.1) is 0 Å². The van der Waals surface area contributed by atoms with Crippen LogP contribution >= 0.6 is 0 Å². The van der Waals surface area contributed by atoms with Crippen LogP contribution in [-0.4, -0.2) is 24.0 Å². The molecular formula is C13H25N. The van der Waals surface area contributed by atoms with Crippen LogP contribution in [0.4, 0.5) is 0 Å². The monoisotopic (exact) mass is 195 g/mol. The standard InChI is InChI=1S/C13H25N/c1-7-13(5,14(6)8-2)11-9-10-12(3)4/h7,10H,1,8-9,11H2,2-6H3. The third-order valence-corrected chi connectivity index (χ3v) is 2.99. The fourth-order valence-corrected chi connectivity index (χ4v) is 1.46. The van der Waals surface area contributed by atoms with Crippen molar-refractivity contribution in [2.24, 2.45) is 0 Å². The zero-order valence-electron chi connectivity index (χ0n) is 10.4. The average Bonchev–Trinajstić information content (AvgIpc) is 2.15. The quantitative estimate of drug-likeness (QED) is 0.585. The molecule has 0 aromatic carbocycles. The van der Waals surface area contributed by atoms with Gasteiger partial charge in [-0.1, -0.05) is 24.6 Å². The van der Waals surface area contributed by atoms with Crippen LogP contribution in [-0.2, 0) is 0 Å². The molecule has 0 aliphatic carbocycles. The molecule has 0 aliphatic rings. The van der Waals surface area contributed by atoms with Crippen molar-refractivity contribution in [3.63, 3.8) is 0 Å². The Morgan fingerprint density at radius 3 is 2.36 bits per heavy atom. The van der Waals surface area contributed by atoms with Gasteiger partial charge >= 0.3 is 0 Å². The minimum absolute atomic E-state index is 0.140. The lowest BCUT2D eigenvalue weighted by atomic mass is 9.93. The lowest BCUT2D eigenvalue weighted by molar-refractivity contribution is 0.185. The molecule has 0 aromatic heterocycles. The molecule has 0 N–H and O–H groups in total. The summed E-state index contributed by atoms with van der Waals surface area (Å²) in [6.45, 7) is 13.7. The molecule has 0 bridgehead atoms. The minimum Gasteiger partial charge on any atom is -0.298 e. The van der Waals surface area contributed by atoms with E-state index in [4.69, 9.17) is 0 Å². The third kappa shape index (κ3) is 4.10. The largest absolute Gasteiger partial charge is 0.298 e. The molecule has 0 fully saturated rings. The fraction of sp³-hybridized carbons (Fsp3) is 0.692. The van der Waals surface area contributed by atoms with E-state index in [-0.39, 0.29) is 5.54 Å².